The van der Waals surface area contributed by atoms with E-state index < -0.39 is 0 Å². The smallest absolute Gasteiger partial charge is 0.291 e. The fourth-order valence-electron chi connectivity index (χ4n) is 2.41. The zero-order valence-electron chi connectivity index (χ0n) is 14.0. The summed E-state index contributed by atoms with van der Waals surface area (Å²) in [5.74, 6) is -0.194. The van der Waals surface area contributed by atoms with E-state index in [0.717, 1.165) is 6.42 Å². The quantitative estimate of drug-likeness (QED) is 0.696. The molecule has 0 saturated carbocycles. The summed E-state index contributed by atoms with van der Waals surface area (Å²) in [6, 6.07) is 12.1. The average molecular weight is 354 g/mol. The van der Waals surface area contributed by atoms with Gasteiger partial charge in [-0.1, -0.05) is 6.92 Å². The summed E-state index contributed by atoms with van der Waals surface area (Å²) in [5, 5.41) is 5.60. The molecule has 0 saturated heterocycles. The number of benzene rings is 1. The van der Waals surface area contributed by atoms with E-state index >= 15 is 0 Å². The van der Waals surface area contributed by atoms with Gasteiger partial charge >= 0.3 is 0 Å². The number of rotatable bonds is 5. The van der Waals surface area contributed by atoms with Crippen molar-refractivity contribution < 1.29 is 14.0 Å². The van der Waals surface area contributed by atoms with Crippen molar-refractivity contribution >= 4 is 34.5 Å². The SMILES string of the molecule is CCc1cc(C(=O)Nc2ccc(NC(=O)c3ccco3)cc2)sc1C. The Morgan fingerprint density at radius 3 is 2.20 bits per heavy atom. The van der Waals surface area contributed by atoms with Gasteiger partial charge in [0.15, 0.2) is 5.76 Å². The highest BCUT2D eigenvalue weighted by Crippen LogP contribution is 2.23. The van der Waals surface area contributed by atoms with Crippen LogP contribution in [0, 0.1) is 6.92 Å². The van der Waals surface area contributed by atoms with Crippen LogP contribution in [0.2, 0.25) is 0 Å². The number of hydrogen-bond donors (Lipinski definition) is 2. The van der Waals surface area contributed by atoms with Crippen LogP contribution in [0.1, 0.15) is 37.6 Å². The largest absolute Gasteiger partial charge is 0.459 e. The van der Waals surface area contributed by atoms with Gasteiger partial charge in [-0.3, -0.25) is 9.59 Å². The highest BCUT2D eigenvalue weighted by molar-refractivity contribution is 7.14. The van der Waals surface area contributed by atoms with Gasteiger partial charge in [0.2, 0.25) is 0 Å². The lowest BCUT2D eigenvalue weighted by atomic mass is 10.2. The number of thiophene rings is 1. The van der Waals surface area contributed by atoms with Gasteiger partial charge in [-0.25, -0.2) is 0 Å². The molecular formula is C19H18N2O3S. The first-order valence-corrected chi connectivity index (χ1v) is 8.74. The molecule has 0 unspecified atom stereocenters. The van der Waals surface area contributed by atoms with Crippen LogP contribution in [0.3, 0.4) is 0 Å². The Hall–Kier alpha value is -2.86. The normalized spacial score (nSPS) is 10.5. The third-order valence-corrected chi connectivity index (χ3v) is 4.86. The number of nitrogens with one attached hydrogen (secondary N) is 2. The van der Waals surface area contributed by atoms with E-state index in [0.29, 0.717) is 16.3 Å². The maximum Gasteiger partial charge on any atom is 0.291 e. The van der Waals surface area contributed by atoms with Crippen molar-refractivity contribution in [2.75, 3.05) is 10.6 Å². The maximum absolute atomic E-state index is 12.3. The summed E-state index contributed by atoms with van der Waals surface area (Å²) < 4.78 is 5.05. The molecule has 0 radical (unpaired) electrons. The Bertz CT molecular complexity index is 880. The Morgan fingerprint density at radius 2 is 1.68 bits per heavy atom. The molecule has 2 N–H and O–H groups in total. The summed E-state index contributed by atoms with van der Waals surface area (Å²) in [7, 11) is 0. The first-order chi connectivity index (χ1) is 12.1. The van der Waals surface area contributed by atoms with Gasteiger partial charge in [0, 0.05) is 16.3 Å². The second kappa shape index (κ2) is 7.36. The van der Waals surface area contributed by atoms with Crippen molar-refractivity contribution in [3.05, 3.63) is 69.8 Å². The topological polar surface area (TPSA) is 71.3 Å². The Labute approximate surface area is 149 Å². The zero-order chi connectivity index (χ0) is 17.8. The average Bonchev–Trinajstić information content (AvgIpc) is 3.26. The summed E-state index contributed by atoms with van der Waals surface area (Å²) in [6.45, 7) is 4.10. The van der Waals surface area contributed by atoms with E-state index in [1.165, 1.54) is 28.0 Å². The number of anilines is 2. The van der Waals surface area contributed by atoms with E-state index in [9.17, 15) is 9.59 Å². The van der Waals surface area contributed by atoms with Crippen LogP contribution >= 0.6 is 11.3 Å². The molecule has 2 amide bonds. The van der Waals surface area contributed by atoms with Gasteiger partial charge in [0.05, 0.1) is 11.1 Å². The Kier molecular flexibility index (Phi) is 5.00. The fourth-order valence-corrected chi connectivity index (χ4v) is 3.42. The van der Waals surface area contributed by atoms with E-state index in [1.54, 1.807) is 36.4 Å². The van der Waals surface area contributed by atoms with Gasteiger partial charge in [0.1, 0.15) is 0 Å². The van der Waals surface area contributed by atoms with Crippen molar-refractivity contribution in [1.29, 1.82) is 0 Å². The maximum atomic E-state index is 12.3. The van der Waals surface area contributed by atoms with Crippen LogP contribution in [0.15, 0.2) is 53.1 Å². The molecule has 128 valence electrons. The van der Waals surface area contributed by atoms with Crippen molar-refractivity contribution in [2.45, 2.75) is 20.3 Å². The predicted octanol–water partition coefficient (Wildman–Crippen LogP) is 4.72. The van der Waals surface area contributed by atoms with Crippen LogP contribution in [-0.4, -0.2) is 11.8 Å². The number of amides is 2. The molecule has 0 aliphatic rings. The monoisotopic (exact) mass is 354 g/mol. The van der Waals surface area contributed by atoms with Crippen molar-refractivity contribution in [3.63, 3.8) is 0 Å². The molecule has 0 atom stereocenters. The van der Waals surface area contributed by atoms with E-state index in [-0.39, 0.29) is 17.6 Å². The van der Waals surface area contributed by atoms with E-state index in [4.69, 9.17) is 4.42 Å². The molecule has 2 heterocycles. The fraction of sp³-hybridized carbons (Fsp3) is 0.158. The molecule has 1 aromatic carbocycles. The second-order valence-corrected chi connectivity index (χ2v) is 6.76. The van der Waals surface area contributed by atoms with Crippen LogP contribution < -0.4 is 10.6 Å². The zero-order valence-corrected chi connectivity index (χ0v) is 14.8. The van der Waals surface area contributed by atoms with Crippen LogP contribution in [0.5, 0.6) is 0 Å². The molecule has 3 aromatic rings. The summed E-state index contributed by atoms with van der Waals surface area (Å²) in [5.41, 5.74) is 2.50. The van der Waals surface area contributed by atoms with Gasteiger partial charge in [-0.2, -0.15) is 0 Å². The standard InChI is InChI=1S/C19H18N2O3S/c1-3-13-11-17(25-12(13)2)19(23)21-15-8-6-14(7-9-15)20-18(22)16-5-4-10-24-16/h4-11H,3H2,1-2H3,(H,20,22)(H,21,23). The molecule has 0 spiro atoms. The minimum absolute atomic E-state index is 0.125. The molecule has 0 bridgehead atoms. The lowest BCUT2D eigenvalue weighted by molar-refractivity contribution is 0.0994. The van der Waals surface area contributed by atoms with Crippen molar-refractivity contribution in [2.24, 2.45) is 0 Å². The molecule has 6 heteroatoms. The van der Waals surface area contributed by atoms with Crippen molar-refractivity contribution in [3.8, 4) is 0 Å². The molecule has 0 aliphatic heterocycles. The summed E-state index contributed by atoms with van der Waals surface area (Å²) in [6.07, 6.45) is 2.36. The van der Waals surface area contributed by atoms with Crippen molar-refractivity contribution in [1.82, 2.24) is 0 Å². The molecule has 5 nitrogen and oxygen atoms in total. The van der Waals surface area contributed by atoms with Gasteiger partial charge in [-0.05, 0) is 61.4 Å². The molecule has 3 rings (SSSR count). The second-order valence-electron chi connectivity index (χ2n) is 5.51. The minimum Gasteiger partial charge on any atom is -0.459 e. The lowest BCUT2D eigenvalue weighted by Gasteiger charge is -2.06. The molecule has 25 heavy (non-hydrogen) atoms. The van der Waals surface area contributed by atoms with E-state index in [1.807, 2.05) is 13.0 Å². The third kappa shape index (κ3) is 3.97. The number of aryl methyl sites for hydroxylation is 2. The Balaban J connectivity index is 1.64. The molecular weight excluding hydrogens is 336 g/mol. The summed E-state index contributed by atoms with van der Waals surface area (Å²) >= 11 is 1.50. The van der Waals surface area contributed by atoms with Gasteiger partial charge in [0.25, 0.3) is 11.8 Å². The first kappa shape index (κ1) is 17.0. The number of furan rings is 1. The number of carbonyl (C=O) groups excluding carboxylic acids is 2. The Morgan fingerprint density at radius 1 is 1.04 bits per heavy atom. The highest BCUT2D eigenvalue weighted by atomic mass is 32.1. The molecule has 0 fully saturated rings. The molecule has 2 aromatic heterocycles. The third-order valence-electron chi connectivity index (χ3n) is 3.77. The predicted molar refractivity (Wildman–Crippen MR) is 99.5 cm³/mol. The van der Waals surface area contributed by atoms with Crippen LogP contribution in [0.4, 0.5) is 11.4 Å². The number of hydrogen-bond acceptors (Lipinski definition) is 4. The molecule has 0 aliphatic carbocycles. The van der Waals surface area contributed by atoms with Gasteiger partial charge < -0.3 is 15.1 Å². The number of carbonyl (C=O) groups is 2. The first-order valence-electron chi connectivity index (χ1n) is 7.92. The van der Waals surface area contributed by atoms with Crippen LogP contribution in [-0.2, 0) is 6.42 Å². The van der Waals surface area contributed by atoms with Gasteiger partial charge in [-0.15, -0.1) is 11.3 Å². The van der Waals surface area contributed by atoms with E-state index in [2.05, 4.69) is 17.6 Å². The summed E-state index contributed by atoms with van der Waals surface area (Å²) in [4.78, 5) is 26.1. The highest BCUT2D eigenvalue weighted by Gasteiger charge is 2.12. The minimum atomic E-state index is -0.317. The van der Waals surface area contributed by atoms with Crippen LogP contribution in [0.25, 0.3) is 0 Å². The lowest BCUT2D eigenvalue weighted by Crippen LogP contribution is -2.12.